The van der Waals surface area contributed by atoms with E-state index in [1.807, 2.05) is 0 Å². The Morgan fingerprint density at radius 2 is 0.605 bits per heavy atom. The smallest absolute Gasteiger partial charge is 0.101 e. The second-order valence-electron chi connectivity index (χ2n) is 12.5. The lowest BCUT2D eigenvalue weighted by molar-refractivity contribution is 0.135. The van der Waals surface area contributed by atoms with Crippen molar-refractivity contribution in [1.82, 2.24) is 9.80 Å². The Morgan fingerprint density at radius 1 is 0.342 bits per heavy atom. The standard InChI is InChI=1S/C36H72N2/c1-4-7-10-13-16-18-19-20-22-24-27-30-33-38-35-34-37(32-29-26-15-12-9-6-3)36(38)31-28-25-23-21-17-14-11-8-5-2/h34-36H,4-33H2,1-3H3. The fraction of sp³-hybridized carbons (Fsp3) is 0.944. The molecule has 0 fully saturated rings. The minimum Gasteiger partial charge on any atom is -0.356 e. The molecule has 0 aromatic heterocycles. The second kappa shape index (κ2) is 27.9. The Morgan fingerprint density at radius 3 is 0.921 bits per heavy atom. The Balaban J connectivity index is 2.21. The van der Waals surface area contributed by atoms with E-state index in [0.29, 0.717) is 6.17 Å². The maximum absolute atomic E-state index is 2.71. The molecule has 0 aliphatic carbocycles. The maximum Gasteiger partial charge on any atom is 0.101 e. The maximum atomic E-state index is 2.71. The van der Waals surface area contributed by atoms with Crippen LogP contribution in [0.2, 0.25) is 0 Å². The molecular weight excluding hydrogens is 460 g/mol. The van der Waals surface area contributed by atoms with E-state index in [1.165, 1.54) is 193 Å². The van der Waals surface area contributed by atoms with Crippen LogP contribution < -0.4 is 0 Å². The second-order valence-corrected chi connectivity index (χ2v) is 12.5. The molecule has 38 heavy (non-hydrogen) atoms. The lowest BCUT2D eigenvalue weighted by Crippen LogP contribution is -2.39. The van der Waals surface area contributed by atoms with Crippen molar-refractivity contribution in [2.75, 3.05) is 13.1 Å². The zero-order chi connectivity index (χ0) is 27.4. The summed E-state index contributed by atoms with van der Waals surface area (Å²) in [4.78, 5) is 5.41. The zero-order valence-electron chi connectivity index (χ0n) is 26.8. The van der Waals surface area contributed by atoms with Crippen molar-refractivity contribution in [2.24, 2.45) is 0 Å². The molecular formula is C36H72N2. The summed E-state index contributed by atoms with van der Waals surface area (Å²) < 4.78 is 0. The quantitative estimate of drug-likeness (QED) is 0.0848. The predicted octanol–water partition coefficient (Wildman–Crippen LogP) is 12.4. The summed E-state index contributed by atoms with van der Waals surface area (Å²) in [7, 11) is 0. The van der Waals surface area contributed by atoms with Crippen LogP contribution in [0, 0.1) is 0 Å². The van der Waals surface area contributed by atoms with Gasteiger partial charge in [0.1, 0.15) is 6.17 Å². The molecule has 1 heterocycles. The van der Waals surface area contributed by atoms with Gasteiger partial charge in [-0.15, -0.1) is 0 Å². The van der Waals surface area contributed by atoms with Crippen LogP contribution in [-0.2, 0) is 0 Å². The highest BCUT2D eigenvalue weighted by Gasteiger charge is 2.24. The molecule has 1 unspecified atom stereocenters. The van der Waals surface area contributed by atoms with Crippen molar-refractivity contribution < 1.29 is 0 Å². The molecule has 0 saturated heterocycles. The van der Waals surface area contributed by atoms with Crippen LogP contribution in [-0.4, -0.2) is 29.1 Å². The van der Waals surface area contributed by atoms with Crippen molar-refractivity contribution in [3.8, 4) is 0 Å². The van der Waals surface area contributed by atoms with Crippen LogP contribution in [0.15, 0.2) is 12.4 Å². The van der Waals surface area contributed by atoms with Gasteiger partial charge in [-0.1, -0.05) is 175 Å². The third-order valence-electron chi connectivity index (χ3n) is 8.82. The first-order valence-electron chi connectivity index (χ1n) is 18.0. The van der Waals surface area contributed by atoms with Gasteiger partial charge in [-0.2, -0.15) is 0 Å². The summed E-state index contributed by atoms with van der Waals surface area (Å²) in [5, 5.41) is 0. The Bertz CT molecular complexity index is 488. The molecule has 1 atom stereocenters. The SMILES string of the molecule is CCCCCCCCCCCCCCN1C=CN(CCCCCCCC)C1CCCCCCCCCCC. The molecule has 0 bridgehead atoms. The van der Waals surface area contributed by atoms with Gasteiger partial charge in [0.2, 0.25) is 0 Å². The van der Waals surface area contributed by atoms with Crippen molar-refractivity contribution in [3.63, 3.8) is 0 Å². The highest BCUT2D eigenvalue weighted by atomic mass is 15.4. The number of rotatable bonds is 30. The highest BCUT2D eigenvalue weighted by Crippen LogP contribution is 2.24. The molecule has 2 heteroatoms. The predicted molar refractivity (Wildman–Crippen MR) is 173 cm³/mol. The minimum atomic E-state index is 0.642. The average molecular weight is 533 g/mol. The van der Waals surface area contributed by atoms with Gasteiger partial charge in [0.15, 0.2) is 0 Å². The molecule has 0 spiro atoms. The third kappa shape index (κ3) is 20.3. The first-order valence-corrected chi connectivity index (χ1v) is 18.0. The molecule has 0 amide bonds. The summed E-state index contributed by atoms with van der Waals surface area (Å²) in [5.41, 5.74) is 0. The van der Waals surface area contributed by atoms with E-state index in [4.69, 9.17) is 0 Å². The summed E-state index contributed by atoms with van der Waals surface area (Å²) >= 11 is 0. The number of hydrogen-bond donors (Lipinski definition) is 0. The van der Waals surface area contributed by atoms with Gasteiger partial charge < -0.3 is 9.80 Å². The lowest BCUT2D eigenvalue weighted by Gasteiger charge is -2.33. The van der Waals surface area contributed by atoms with Gasteiger partial charge in [0.05, 0.1) is 0 Å². The molecule has 2 nitrogen and oxygen atoms in total. The molecule has 0 aromatic rings. The van der Waals surface area contributed by atoms with Gasteiger partial charge in [-0.3, -0.25) is 0 Å². The summed E-state index contributed by atoms with van der Waals surface area (Å²) in [6, 6.07) is 0. The van der Waals surface area contributed by atoms with Crippen LogP contribution in [0.1, 0.15) is 201 Å². The third-order valence-corrected chi connectivity index (χ3v) is 8.82. The largest absolute Gasteiger partial charge is 0.356 e. The van der Waals surface area contributed by atoms with Gasteiger partial charge in [0, 0.05) is 25.5 Å². The first-order chi connectivity index (χ1) is 18.8. The fourth-order valence-electron chi connectivity index (χ4n) is 6.19. The van der Waals surface area contributed by atoms with E-state index in [-0.39, 0.29) is 0 Å². The molecule has 1 aliphatic heterocycles. The molecule has 1 rings (SSSR count). The van der Waals surface area contributed by atoms with Crippen molar-refractivity contribution in [2.45, 2.75) is 207 Å². The number of hydrogen-bond acceptors (Lipinski definition) is 2. The number of unbranched alkanes of at least 4 members (excludes halogenated alkanes) is 24. The molecule has 0 saturated carbocycles. The average Bonchev–Trinajstić information content (AvgIpc) is 3.31. The minimum absolute atomic E-state index is 0.642. The Kier molecular flexibility index (Phi) is 26.0. The molecule has 0 aromatic carbocycles. The highest BCUT2D eigenvalue weighted by molar-refractivity contribution is 4.97. The van der Waals surface area contributed by atoms with Gasteiger partial charge in [-0.25, -0.2) is 0 Å². The van der Waals surface area contributed by atoms with Crippen LogP contribution in [0.3, 0.4) is 0 Å². The van der Waals surface area contributed by atoms with Gasteiger partial charge in [-0.05, 0) is 25.7 Å². The van der Waals surface area contributed by atoms with Crippen molar-refractivity contribution in [3.05, 3.63) is 12.4 Å². The monoisotopic (exact) mass is 533 g/mol. The topological polar surface area (TPSA) is 6.48 Å². The van der Waals surface area contributed by atoms with Crippen molar-refractivity contribution >= 4 is 0 Å². The molecule has 1 aliphatic rings. The first kappa shape index (κ1) is 35.4. The van der Waals surface area contributed by atoms with E-state index >= 15 is 0 Å². The zero-order valence-corrected chi connectivity index (χ0v) is 26.8. The summed E-state index contributed by atoms with van der Waals surface area (Å²) in [6.07, 6.45) is 45.5. The van der Waals surface area contributed by atoms with Crippen LogP contribution in [0.4, 0.5) is 0 Å². The van der Waals surface area contributed by atoms with Crippen molar-refractivity contribution in [1.29, 1.82) is 0 Å². The normalized spacial score (nSPS) is 15.3. The summed E-state index contributed by atoms with van der Waals surface area (Å²) in [5.74, 6) is 0. The van der Waals surface area contributed by atoms with E-state index in [0.717, 1.165) is 0 Å². The summed E-state index contributed by atoms with van der Waals surface area (Å²) in [6.45, 7) is 9.47. The van der Waals surface area contributed by atoms with Crippen LogP contribution in [0.5, 0.6) is 0 Å². The molecule has 0 radical (unpaired) electrons. The van der Waals surface area contributed by atoms with E-state index < -0.39 is 0 Å². The van der Waals surface area contributed by atoms with Crippen LogP contribution >= 0.6 is 0 Å². The molecule has 226 valence electrons. The Labute approximate surface area is 241 Å². The van der Waals surface area contributed by atoms with Crippen LogP contribution in [0.25, 0.3) is 0 Å². The van der Waals surface area contributed by atoms with E-state index in [9.17, 15) is 0 Å². The fourth-order valence-corrected chi connectivity index (χ4v) is 6.19. The lowest BCUT2D eigenvalue weighted by atomic mass is 10.0. The van der Waals surface area contributed by atoms with Gasteiger partial charge in [0.25, 0.3) is 0 Å². The van der Waals surface area contributed by atoms with E-state index in [1.54, 1.807) is 0 Å². The van der Waals surface area contributed by atoms with E-state index in [2.05, 4.69) is 43.0 Å². The Hall–Kier alpha value is -0.660. The number of nitrogens with zero attached hydrogens (tertiary/aromatic N) is 2. The molecule has 0 N–H and O–H groups in total. The van der Waals surface area contributed by atoms with Gasteiger partial charge >= 0.3 is 0 Å².